The monoisotopic (exact) mass is 439 g/mol. The van der Waals surface area contributed by atoms with Crippen molar-refractivity contribution in [1.82, 2.24) is 24.4 Å². The van der Waals surface area contributed by atoms with E-state index in [1.807, 2.05) is 16.8 Å². The molecule has 0 spiro atoms. The Labute approximate surface area is 181 Å². The number of aromatic nitrogens is 4. The minimum Gasteiger partial charge on any atom is -0.373 e. The van der Waals surface area contributed by atoms with Gasteiger partial charge in [0.25, 0.3) is 0 Å². The summed E-state index contributed by atoms with van der Waals surface area (Å²) in [6.07, 6.45) is 3.74. The van der Waals surface area contributed by atoms with Crippen molar-refractivity contribution in [3.05, 3.63) is 84.2 Å². The molecule has 0 aliphatic carbocycles. The molecule has 0 amide bonds. The summed E-state index contributed by atoms with van der Waals surface area (Å²) in [5.74, 6) is 0. The lowest BCUT2D eigenvalue weighted by Crippen LogP contribution is -2.33. The zero-order chi connectivity index (χ0) is 22.3. The summed E-state index contributed by atoms with van der Waals surface area (Å²) in [4.78, 5) is 13.5. The lowest BCUT2D eigenvalue weighted by Gasteiger charge is -2.30. The van der Waals surface area contributed by atoms with Gasteiger partial charge in [-0.25, -0.2) is 4.98 Å². The molecule has 164 valence electrons. The smallest absolute Gasteiger partial charge is 0.373 e. The molecule has 1 aromatic carbocycles. The van der Waals surface area contributed by atoms with E-state index in [4.69, 9.17) is 0 Å². The molecule has 9 heteroatoms. The van der Waals surface area contributed by atoms with Gasteiger partial charge in [0.15, 0.2) is 0 Å². The van der Waals surface area contributed by atoms with Gasteiger partial charge >= 0.3 is 6.18 Å². The number of rotatable bonds is 4. The van der Waals surface area contributed by atoms with E-state index in [0.717, 1.165) is 22.8 Å². The number of aliphatic hydroxyl groups is 1. The van der Waals surface area contributed by atoms with Gasteiger partial charge in [-0.05, 0) is 35.8 Å². The average molecular weight is 439 g/mol. The molecule has 0 saturated carbocycles. The van der Waals surface area contributed by atoms with Crippen LogP contribution in [0, 0.1) is 0 Å². The van der Waals surface area contributed by atoms with Gasteiger partial charge in [-0.1, -0.05) is 24.3 Å². The van der Waals surface area contributed by atoms with Gasteiger partial charge in [-0.15, -0.1) is 0 Å². The largest absolute Gasteiger partial charge is 0.416 e. The Morgan fingerprint density at radius 3 is 2.72 bits per heavy atom. The third-order valence-corrected chi connectivity index (χ3v) is 5.72. The minimum absolute atomic E-state index is 0.205. The lowest BCUT2D eigenvalue weighted by molar-refractivity contribution is -0.137. The first-order valence-electron chi connectivity index (χ1n) is 10.1. The fraction of sp³-hybridized carbons (Fsp3) is 0.217. The van der Waals surface area contributed by atoms with Crippen LogP contribution in [0.25, 0.3) is 22.3 Å². The number of benzene rings is 1. The molecule has 1 unspecified atom stereocenters. The molecule has 5 rings (SSSR count). The second-order valence-corrected chi connectivity index (χ2v) is 7.71. The standard InChI is InChI=1S/C23H20F3N5O/c24-23(25,26)18-4-2-1-3-17(18)15-5-8-30(9-6-15)22(32)21-12-19-20(29-21)11-16(13-28-19)31-10-7-27-14-31/h1-5,7,10-14,22,29,32H,6,8-9H2. The number of halogens is 3. The number of aliphatic hydroxyl groups excluding tert-OH is 1. The van der Waals surface area contributed by atoms with Gasteiger partial charge in [-0.3, -0.25) is 9.88 Å². The Morgan fingerprint density at radius 2 is 2.00 bits per heavy atom. The van der Waals surface area contributed by atoms with Crippen LogP contribution in [0.5, 0.6) is 0 Å². The van der Waals surface area contributed by atoms with Crippen molar-refractivity contribution in [3.8, 4) is 5.69 Å². The molecule has 0 bridgehead atoms. The third-order valence-electron chi connectivity index (χ3n) is 5.72. The fourth-order valence-electron chi connectivity index (χ4n) is 4.07. The van der Waals surface area contributed by atoms with E-state index in [1.165, 1.54) is 12.1 Å². The van der Waals surface area contributed by atoms with Gasteiger partial charge < -0.3 is 14.7 Å². The molecule has 4 heterocycles. The number of hydrogen-bond acceptors (Lipinski definition) is 4. The normalized spacial score (nSPS) is 16.3. The highest BCUT2D eigenvalue weighted by atomic mass is 19.4. The molecule has 1 aliphatic heterocycles. The van der Waals surface area contributed by atoms with Crippen molar-refractivity contribution >= 4 is 16.6 Å². The van der Waals surface area contributed by atoms with Crippen molar-refractivity contribution in [2.75, 3.05) is 13.1 Å². The van der Waals surface area contributed by atoms with Crippen LogP contribution < -0.4 is 0 Å². The van der Waals surface area contributed by atoms with Crippen molar-refractivity contribution < 1.29 is 18.3 Å². The predicted octanol–water partition coefficient (Wildman–Crippen LogP) is 4.55. The van der Waals surface area contributed by atoms with Gasteiger partial charge in [0.05, 0.1) is 40.5 Å². The summed E-state index contributed by atoms with van der Waals surface area (Å²) >= 11 is 0. The van der Waals surface area contributed by atoms with Crippen molar-refractivity contribution in [1.29, 1.82) is 0 Å². The van der Waals surface area contributed by atoms with Gasteiger partial charge in [0, 0.05) is 25.5 Å². The number of nitrogens with zero attached hydrogens (tertiary/aromatic N) is 4. The fourth-order valence-corrected chi connectivity index (χ4v) is 4.07. The highest BCUT2D eigenvalue weighted by Crippen LogP contribution is 2.37. The zero-order valence-electron chi connectivity index (χ0n) is 16.9. The lowest BCUT2D eigenvalue weighted by atomic mass is 9.94. The number of alkyl halides is 3. The Kier molecular flexibility index (Phi) is 5.07. The summed E-state index contributed by atoms with van der Waals surface area (Å²) in [6, 6.07) is 9.32. The molecule has 1 atom stereocenters. The second kappa shape index (κ2) is 7.92. The summed E-state index contributed by atoms with van der Waals surface area (Å²) in [7, 11) is 0. The maximum Gasteiger partial charge on any atom is 0.416 e. The molecular formula is C23H20F3N5O. The Bertz CT molecular complexity index is 1280. The zero-order valence-corrected chi connectivity index (χ0v) is 16.9. The Balaban J connectivity index is 1.36. The van der Waals surface area contributed by atoms with E-state index in [1.54, 1.807) is 41.8 Å². The van der Waals surface area contributed by atoms with E-state index in [2.05, 4.69) is 15.0 Å². The first kappa shape index (κ1) is 20.5. The number of pyridine rings is 1. The summed E-state index contributed by atoms with van der Waals surface area (Å²) in [5.41, 5.74) is 3.14. The van der Waals surface area contributed by atoms with Crippen molar-refractivity contribution in [2.45, 2.75) is 18.8 Å². The van der Waals surface area contributed by atoms with E-state index in [9.17, 15) is 18.3 Å². The maximum absolute atomic E-state index is 13.4. The van der Waals surface area contributed by atoms with Crippen molar-refractivity contribution in [3.63, 3.8) is 0 Å². The maximum atomic E-state index is 13.4. The van der Waals surface area contributed by atoms with E-state index >= 15 is 0 Å². The minimum atomic E-state index is -4.40. The van der Waals surface area contributed by atoms with Crippen LogP contribution in [-0.4, -0.2) is 42.6 Å². The van der Waals surface area contributed by atoms with Crippen LogP contribution >= 0.6 is 0 Å². The molecule has 3 aromatic heterocycles. The molecule has 0 fully saturated rings. The third kappa shape index (κ3) is 3.80. The highest BCUT2D eigenvalue weighted by Gasteiger charge is 2.34. The molecule has 1 aliphatic rings. The molecular weight excluding hydrogens is 419 g/mol. The van der Waals surface area contributed by atoms with Gasteiger partial charge in [0.1, 0.15) is 6.23 Å². The first-order valence-corrected chi connectivity index (χ1v) is 10.1. The molecule has 6 nitrogen and oxygen atoms in total. The average Bonchev–Trinajstić information content (AvgIpc) is 3.48. The molecule has 32 heavy (non-hydrogen) atoms. The molecule has 0 saturated heterocycles. The quantitative estimate of drug-likeness (QED) is 0.490. The number of fused-ring (bicyclic) bond motifs is 1. The van der Waals surface area contributed by atoms with E-state index < -0.39 is 18.0 Å². The molecule has 2 N–H and O–H groups in total. The van der Waals surface area contributed by atoms with E-state index in [-0.39, 0.29) is 5.56 Å². The second-order valence-electron chi connectivity index (χ2n) is 7.71. The first-order chi connectivity index (χ1) is 15.4. The number of nitrogens with one attached hydrogen (secondary N) is 1. The van der Waals surface area contributed by atoms with E-state index in [0.29, 0.717) is 30.8 Å². The van der Waals surface area contributed by atoms with Gasteiger partial charge in [-0.2, -0.15) is 13.2 Å². The Hall–Kier alpha value is -3.43. The predicted molar refractivity (Wildman–Crippen MR) is 114 cm³/mol. The topological polar surface area (TPSA) is 70.0 Å². The summed E-state index contributed by atoms with van der Waals surface area (Å²) in [5, 5.41) is 10.9. The number of imidazole rings is 1. The van der Waals surface area contributed by atoms with Crippen LogP contribution in [0.15, 0.2) is 67.4 Å². The van der Waals surface area contributed by atoms with Crippen molar-refractivity contribution in [2.24, 2.45) is 0 Å². The van der Waals surface area contributed by atoms with Crippen LogP contribution in [0.2, 0.25) is 0 Å². The highest BCUT2D eigenvalue weighted by molar-refractivity contribution is 5.78. The molecule has 0 radical (unpaired) electrons. The van der Waals surface area contributed by atoms with Gasteiger partial charge in [0.2, 0.25) is 0 Å². The van der Waals surface area contributed by atoms with Crippen LogP contribution in [0.4, 0.5) is 13.2 Å². The van der Waals surface area contributed by atoms with Crippen LogP contribution in [-0.2, 0) is 6.18 Å². The number of H-pyrrole nitrogens is 1. The van der Waals surface area contributed by atoms with Crippen LogP contribution in [0.3, 0.4) is 0 Å². The Morgan fingerprint density at radius 1 is 1.16 bits per heavy atom. The van der Waals surface area contributed by atoms with Crippen LogP contribution in [0.1, 0.15) is 29.5 Å². The summed E-state index contributed by atoms with van der Waals surface area (Å²) < 4.78 is 41.9. The molecule has 4 aromatic rings. The SMILES string of the molecule is OC(c1cc2ncc(-n3ccnc3)cc2[nH]1)N1CC=C(c2ccccc2C(F)(F)F)CC1. The summed E-state index contributed by atoms with van der Waals surface area (Å²) in [6.45, 7) is 0.772. The number of hydrogen-bond donors (Lipinski definition) is 2. The number of aromatic amines is 1.